The van der Waals surface area contributed by atoms with E-state index < -0.39 is 0 Å². The number of rotatable bonds is 8. The number of hydrogen-bond acceptors (Lipinski definition) is 5. The monoisotopic (exact) mass is 371 g/mol. The van der Waals surface area contributed by atoms with E-state index >= 15 is 0 Å². The Kier molecular flexibility index (Phi) is 7.91. The molecule has 0 unspecified atom stereocenters. The number of aliphatic hydroxyl groups is 1. The molecule has 1 saturated carbocycles. The zero-order valence-corrected chi connectivity index (χ0v) is 16.2. The van der Waals surface area contributed by atoms with Crippen LogP contribution in [0.5, 0.6) is 0 Å². The molecule has 0 amide bonds. The van der Waals surface area contributed by atoms with E-state index in [4.69, 9.17) is 16.7 Å². The van der Waals surface area contributed by atoms with Gasteiger partial charge in [-0.15, -0.1) is 0 Å². The maximum absolute atomic E-state index is 8.97. The molecule has 0 atom stereocenters. The molecule has 148 valence electrons. The zero-order valence-electron chi connectivity index (χ0n) is 16.2. The summed E-state index contributed by atoms with van der Waals surface area (Å²) in [6.45, 7) is 8.86. The van der Waals surface area contributed by atoms with Crippen LogP contribution in [0.2, 0.25) is 0 Å². The van der Waals surface area contributed by atoms with Gasteiger partial charge in [0.1, 0.15) is 0 Å². The van der Waals surface area contributed by atoms with E-state index in [-0.39, 0.29) is 6.61 Å². The highest BCUT2D eigenvalue weighted by molar-refractivity contribution is 5.74. The van der Waals surface area contributed by atoms with E-state index in [1.54, 1.807) is 19.3 Å². The van der Waals surface area contributed by atoms with Gasteiger partial charge in [-0.3, -0.25) is 0 Å². The fourth-order valence-corrected chi connectivity index (χ4v) is 3.70. The summed E-state index contributed by atoms with van der Waals surface area (Å²) < 4.78 is 0. The van der Waals surface area contributed by atoms with Gasteiger partial charge in [-0.25, -0.2) is 5.84 Å². The molecule has 6 heteroatoms. The van der Waals surface area contributed by atoms with Gasteiger partial charge in [0.15, 0.2) is 0 Å². The van der Waals surface area contributed by atoms with E-state index in [0.717, 1.165) is 53.0 Å². The predicted molar refractivity (Wildman–Crippen MR) is 113 cm³/mol. The summed E-state index contributed by atoms with van der Waals surface area (Å²) in [6.07, 6.45) is 13.7. The van der Waals surface area contributed by atoms with Crippen molar-refractivity contribution in [3.05, 3.63) is 53.0 Å². The number of hydrazine groups is 1. The van der Waals surface area contributed by atoms with E-state index in [2.05, 4.69) is 29.5 Å². The molecule has 0 saturated heterocycles. The van der Waals surface area contributed by atoms with Gasteiger partial charge in [0.05, 0.1) is 6.61 Å². The molecule has 1 aliphatic rings. The molecule has 0 aliphatic heterocycles. The fourth-order valence-electron chi connectivity index (χ4n) is 3.70. The molecule has 0 spiro atoms. The molecule has 0 radical (unpaired) electrons. The number of aromatic amines is 1. The van der Waals surface area contributed by atoms with Crippen LogP contribution in [-0.2, 0) is 0 Å². The van der Waals surface area contributed by atoms with Gasteiger partial charge in [-0.2, -0.15) is 0 Å². The second-order valence-electron chi connectivity index (χ2n) is 7.09. The first-order chi connectivity index (χ1) is 13.0. The lowest BCUT2D eigenvalue weighted by Gasteiger charge is -2.29. The molecule has 6 nitrogen and oxygen atoms in total. The normalized spacial score (nSPS) is 22.1. The molecular formula is C21H33N5O. The molecule has 1 aromatic rings. The van der Waals surface area contributed by atoms with E-state index in [1.807, 2.05) is 12.4 Å². The van der Waals surface area contributed by atoms with Gasteiger partial charge in [0.25, 0.3) is 0 Å². The van der Waals surface area contributed by atoms with Crippen molar-refractivity contribution >= 4 is 18.2 Å². The predicted octanol–water partition coefficient (Wildman–Crippen LogP) is 0.521. The number of nitrogens with zero attached hydrogens (tertiary/aromatic N) is 1. The average Bonchev–Trinajstić information content (AvgIpc) is 3.03. The average molecular weight is 372 g/mol. The van der Waals surface area contributed by atoms with Crippen LogP contribution in [0.1, 0.15) is 31.2 Å². The third-order valence-electron chi connectivity index (χ3n) is 5.13. The molecule has 27 heavy (non-hydrogen) atoms. The van der Waals surface area contributed by atoms with Crippen LogP contribution in [0.25, 0.3) is 18.2 Å². The van der Waals surface area contributed by atoms with E-state index in [0.29, 0.717) is 18.5 Å². The minimum absolute atomic E-state index is 0.182. The maximum Gasteiger partial charge on any atom is 0.0556 e. The first-order valence-electron chi connectivity index (χ1n) is 9.46. The number of allylic oxidation sites excluding steroid dienone is 3. The zero-order chi connectivity index (χ0) is 19.8. The summed E-state index contributed by atoms with van der Waals surface area (Å²) in [5.41, 5.74) is 9.05. The number of aliphatic hydroxyl groups excluding tert-OH is 1. The molecule has 0 aromatic carbocycles. The highest BCUT2D eigenvalue weighted by atomic mass is 16.3. The van der Waals surface area contributed by atoms with E-state index in [1.165, 1.54) is 5.01 Å². The Bertz CT molecular complexity index is 782. The number of nitrogens with one attached hydrogen (secondary N) is 2. The van der Waals surface area contributed by atoms with Gasteiger partial charge < -0.3 is 26.1 Å². The smallest absolute Gasteiger partial charge is 0.0556 e. The lowest BCUT2D eigenvalue weighted by molar-refractivity contribution is 0.262. The van der Waals surface area contributed by atoms with Crippen LogP contribution in [0.15, 0.2) is 36.8 Å². The van der Waals surface area contributed by atoms with Gasteiger partial charge in [0, 0.05) is 53.7 Å². The Labute approximate surface area is 161 Å². The van der Waals surface area contributed by atoms with Crippen molar-refractivity contribution in [3.63, 3.8) is 0 Å². The Hall–Kier alpha value is -2.28. The summed E-state index contributed by atoms with van der Waals surface area (Å²) in [5.74, 6) is 6.20. The number of H-pyrrole nitrogens is 1. The SMILES string of the molecule is C=C/C(=C\N(C)N)c1c[nH]c(=C)/c1=C\C(=C/N)C1CCC(NCCO)CC1. The second-order valence-corrected chi connectivity index (χ2v) is 7.09. The fraction of sp³-hybridized carbons (Fsp3) is 0.429. The van der Waals surface area contributed by atoms with Gasteiger partial charge in [0.2, 0.25) is 0 Å². The second kappa shape index (κ2) is 10.2. The summed E-state index contributed by atoms with van der Waals surface area (Å²) in [7, 11) is 1.78. The van der Waals surface area contributed by atoms with Crippen LogP contribution >= 0.6 is 0 Å². The molecule has 0 bridgehead atoms. The molecule has 1 fully saturated rings. The van der Waals surface area contributed by atoms with Crippen molar-refractivity contribution in [2.24, 2.45) is 17.5 Å². The van der Waals surface area contributed by atoms with Gasteiger partial charge in [-0.05, 0) is 49.5 Å². The largest absolute Gasteiger partial charge is 0.404 e. The quantitative estimate of drug-likeness (QED) is 0.260. The van der Waals surface area contributed by atoms with Crippen LogP contribution in [0.4, 0.5) is 0 Å². The third-order valence-corrected chi connectivity index (χ3v) is 5.13. The van der Waals surface area contributed by atoms with Gasteiger partial charge >= 0.3 is 0 Å². The maximum atomic E-state index is 8.97. The van der Waals surface area contributed by atoms with Crippen molar-refractivity contribution in [3.8, 4) is 0 Å². The highest BCUT2D eigenvalue weighted by Crippen LogP contribution is 2.30. The van der Waals surface area contributed by atoms with Crippen molar-refractivity contribution in [1.82, 2.24) is 15.3 Å². The first kappa shape index (κ1) is 21.0. The van der Waals surface area contributed by atoms with Crippen molar-refractivity contribution in [1.29, 1.82) is 0 Å². The Morgan fingerprint density at radius 1 is 1.41 bits per heavy atom. The Morgan fingerprint density at radius 2 is 2.11 bits per heavy atom. The van der Waals surface area contributed by atoms with Crippen molar-refractivity contribution in [2.45, 2.75) is 31.7 Å². The molecular weight excluding hydrogens is 338 g/mol. The minimum atomic E-state index is 0.182. The molecule has 7 N–H and O–H groups in total. The van der Waals surface area contributed by atoms with Crippen LogP contribution in [0.3, 0.4) is 0 Å². The van der Waals surface area contributed by atoms with Gasteiger partial charge in [-0.1, -0.05) is 19.2 Å². The van der Waals surface area contributed by atoms with Crippen molar-refractivity contribution < 1.29 is 5.11 Å². The van der Waals surface area contributed by atoms with E-state index in [9.17, 15) is 0 Å². The summed E-state index contributed by atoms with van der Waals surface area (Å²) in [5, 5.41) is 15.7. The molecule has 1 aromatic heterocycles. The third kappa shape index (κ3) is 5.60. The Balaban J connectivity index is 2.26. The lowest BCUT2D eigenvalue weighted by Crippen LogP contribution is -2.35. The van der Waals surface area contributed by atoms with Crippen molar-refractivity contribution in [2.75, 3.05) is 20.2 Å². The Morgan fingerprint density at radius 3 is 2.67 bits per heavy atom. The number of aromatic nitrogens is 1. The van der Waals surface area contributed by atoms with Crippen LogP contribution in [-0.4, -0.2) is 41.3 Å². The minimum Gasteiger partial charge on any atom is -0.404 e. The summed E-state index contributed by atoms with van der Waals surface area (Å²) in [6, 6.07) is 0.481. The molecule has 1 aliphatic carbocycles. The molecule has 1 heterocycles. The summed E-state index contributed by atoms with van der Waals surface area (Å²) in [4.78, 5) is 3.20. The number of hydrogen-bond donors (Lipinski definition) is 5. The lowest BCUT2D eigenvalue weighted by atomic mass is 9.81. The highest BCUT2D eigenvalue weighted by Gasteiger charge is 2.22. The standard InChI is InChI=1S/C21H33N5O/c1-4-16(14-26(3)23)21-13-25-15(2)20(21)11-18(12-22)17-5-7-19(8-6-17)24-9-10-27/h4,11-14,17,19,24-25,27H,1-2,5-10,22-23H2,3H3/b16-14+,18-12+,20-11+. The van der Waals surface area contributed by atoms with Crippen LogP contribution < -0.4 is 27.5 Å². The van der Waals surface area contributed by atoms with Crippen LogP contribution in [0, 0.1) is 5.92 Å². The molecule has 2 rings (SSSR count). The first-order valence-corrected chi connectivity index (χ1v) is 9.46. The summed E-state index contributed by atoms with van der Waals surface area (Å²) >= 11 is 0. The topological polar surface area (TPSA) is 103 Å². The number of nitrogens with two attached hydrogens (primary N) is 2.